The zero-order chi connectivity index (χ0) is 14.7. The molecule has 0 heterocycles. The second kappa shape index (κ2) is 6.06. The summed E-state index contributed by atoms with van der Waals surface area (Å²) in [6.07, 6.45) is 0. The lowest BCUT2D eigenvalue weighted by Crippen LogP contribution is -2.22. The van der Waals surface area contributed by atoms with Crippen molar-refractivity contribution in [2.24, 2.45) is 5.73 Å². The Kier molecular flexibility index (Phi) is 4.40. The van der Waals surface area contributed by atoms with Crippen LogP contribution in [-0.2, 0) is 0 Å². The first kappa shape index (κ1) is 14.5. The molecule has 0 aliphatic carbocycles. The third-order valence-corrected chi connectivity index (χ3v) is 3.76. The molecule has 106 valence electrons. The molecule has 0 aliphatic rings. The van der Waals surface area contributed by atoms with Gasteiger partial charge in [-0.3, -0.25) is 0 Å². The molecular weight excluding hydrogens is 251 g/mol. The van der Waals surface area contributed by atoms with Crippen molar-refractivity contribution in [2.75, 3.05) is 11.9 Å². The fourth-order valence-corrected chi connectivity index (χ4v) is 2.26. The van der Waals surface area contributed by atoms with Gasteiger partial charge >= 0.3 is 0 Å². The molecule has 0 radical (unpaired) electrons. The van der Waals surface area contributed by atoms with E-state index in [0.29, 0.717) is 5.56 Å². The van der Waals surface area contributed by atoms with Crippen LogP contribution in [0.1, 0.15) is 37.1 Å². The minimum Gasteiger partial charge on any atom is -0.368 e. The highest BCUT2D eigenvalue weighted by Gasteiger charge is 2.15. The number of hydrogen-bond donors (Lipinski definition) is 1. The lowest BCUT2D eigenvalue weighted by molar-refractivity contribution is 0.585. The van der Waals surface area contributed by atoms with Crippen molar-refractivity contribution in [3.8, 4) is 0 Å². The lowest BCUT2D eigenvalue weighted by atomic mass is 10.0. The Labute approximate surface area is 120 Å². The predicted octanol–water partition coefficient (Wildman–Crippen LogP) is 4.04. The fraction of sp³-hybridized carbons (Fsp3) is 0.294. The van der Waals surface area contributed by atoms with E-state index in [9.17, 15) is 4.39 Å². The van der Waals surface area contributed by atoms with E-state index in [2.05, 4.69) is 4.90 Å². The van der Waals surface area contributed by atoms with Gasteiger partial charge in [0.05, 0.1) is 6.04 Å². The van der Waals surface area contributed by atoms with Gasteiger partial charge in [0.2, 0.25) is 0 Å². The number of halogens is 1. The van der Waals surface area contributed by atoms with Gasteiger partial charge < -0.3 is 10.6 Å². The van der Waals surface area contributed by atoms with Crippen molar-refractivity contribution < 1.29 is 4.39 Å². The van der Waals surface area contributed by atoms with Crippen LogP contribution in [0.5, 0.6) is 0 Å². The summed E-state index contributed by atoms with van der Waals surface area (Å²) in [4.78, 5) is 2.06. The Balaban J connectivity index is 2.22. The average Bonchev–Trinajstić information content (AvgIpc) is 2.46. The van der Waals surface area contributed by atoms with Gasteiger partial charge in [-0.05, 0) is 37.6 Å². The van der Waals surface area contributed by atoms with Gasteiger partial charge in [0, 0.05) is 24.3 Å². The van der Waals surface area contributed by atoms with Gasteiger partial charge in [0.1, 0.15) is 5.82 Å². The normalized spacial score (nSPS) is 13.8. The Morgan fingerprint density at radius 1 is 1.00 bits per heavy atom. The number of nitrogens with two attached hydrogens (primary N) is 1. The maximum absolute atomic E-state index is 13.8. The second-order valence-corrected chi connectivity index (χ2v) is 5.19. The highest BCUT2D eigenvalue weighted by Crippen LogP contribution is 2.27. The molecule has 0 bridgehead atoms. The van der Waals surface area contributed by atoms with Gasteiger partial charge in [-0.15, -0.1) is 0 Å². The molecule has 1 unspecified atom stereocenters. The zero-order valence-corrected chi connectivity index (χ0v) is 12.2. The van der Waals surface area contributed by atoms with E-state index in [1.807, 2.05) is 57.3 Å². The quantitative estimate of drug-likeness (QED) is 0.910. The lowest BCUT2D eigenvalue weighted by Gasteiger charge is -2.28. The Hall–Kier alpha value is -1.87. The SMILES string of the molecule is CC(c1ccccc1F)N(C)c1ccc([C@H](C)N)cc1. The van der Waals surface area contributed by atoms with E-state index in [4.69, 9.17) is 5.73 Å². The van der Waals surface area contributed by atoms with Crippen molar-refractivity contribution in [3.63, 3.8) is 0 Å². The molecule has 0 saturated carbocycles. The molecule has 2 rings (SSSR count). The topological polar surface area (TPSA) is 29.3 Å². The summed E-state index contributed by atoms with van der Waals surface area (Å²) in [5.74, 6) is -0.168. The van der Waals surface area contributed by atoms with E-state index in [1.54, 1.807) is 6.07 Å². The molecule has 0 spiro atoms. The van der Waals surface area contributed by atoms with Crippen molar-refractivity contribution in [3.05, 3.63) is 65.5 Å². The molecule has 0 fully saturated rings. The van der Waals surface area contributed by atoms with Crippen LogP contribution in [0.15, 0.2) is 48.5 Å². The molecule has 0 aliphatic heterocycles. The van der Waals surface area contributed by atoms with Gasteiger partial charge in [-0.1, -0.05) is 30.3 Å². The van der Waals surface area contributed by atoms with Crippen molar-refractivity contribution >= 4 is 5.69 Å². The molecule has 0 amide bonds. The third-order valence-electron chi connectivity index (χ3n) is 3.76. The molecule has 0 aromatic heterocycles. The third kappa shape index (κ3) is 2.99. The van der Waals surface area contributed by atoms with Crippen LogP contribution >= 0.6 is 0 Å². The van der Waals surface area contributed by atoms with Crippen molar-refractivity contribution in [1.29, 1.82) is 0 Å². The summed E-state index contributed by atoms with van der Waals surface area (Å²) in [5, 5.41) is 0. The first-order chi connectivity index (χ1) is 9.50. The number of nitrogens with zero attached hydrogens (tertiary/aromatic N) is 1. The Bertz CT molecular complexity index is 563. The predicted molar refractivity (Wildman–Crippen MR) is 82.3 cm³/mol. The van der Waals surface area contributed by atoms with Crippen molar-refractivity contribution in [2.45, 2.75) is 25.9 Å². The molecule has 3 heteroatoms. The monoisotopic (exact) mass is 272 g/mol. The van der Waals surface area contributed by atoms with Crippen LogP contribution in [-0.4, -0.2) is 7.05 Å². The average molecular weight is 272 g/mol. The van der Waals surface area contributed by atoms with E-state index in [0.717, 1.165) is 11.3 Å². The highest BCUT2D eigenvalue weighted by molar-refractivity contribution is 5.49. The maximum atomic E-state index is 13.8. The van der Waals surface area contributed by atoms with E-state index in [-0.39, 0.29) is 17.9 Å². The van der Waals surface area contributed by atoms with Crippen LogP contribution in [0.25, 0.3) is 0 Å². The minimum absolute atomic E-state index is 0.0262. The van der Waals surface area contributed by atoms with Crippen molar-refractivity contribution in [1.82, 2.24) is 0 Å². The number of rotatable bonds is 4. The largest absolute Gasteiger partial charge is 0.368 e. The van der Waals surface area contributed by atoms with E-state index < -0.39 is 0 Å². The van der Waals surface area contributed by atoms with Crippen LogP contribution in [0.2, 0.25) is 0 Å². The first-order valence-corrected chi connectivity index (χ1v) is 6.83. The zero-order valence-electron chi connectivity index (χ0n) is 12.2. The summed E-state index contributed by atoms with van der Waals surface area (Å²) in [6.45, 7) is 3.96. The Morgan fingerprint density at radius 2 is 1.60 bits per heavy atom. The summed E-state index contributed by atoms with van der Waals surface area (Å²) in [6, 6.07) is 15.0. The minimum atomic E-state index is -0.168. The highest BCUT2D eigenvalue weighted by atomic mass is 19.1. The molecule has 2 aromatic rings. The molecule has 2 atom stereocenters. The summed E-state index contributed by atoms with van der Waals surface area (Å²) in [7, 11) is 1.97. The smallest absolute Gasteiger partial charge is 0.128 e. The van der Waals surface area contributed by atoms with Gasteiger partial charge in [-0.2, -0.15) is 0 Å². The first-order valence-electron chi connectivity index (χ1n) is 6.83. The van der Waals surface area contributed by atoms with Crippen LogP contribution in [0.4, 0.5) is 10.1 Å². The maximum Gasteiger partial charge on any atom is 0.128 e. The molecule has 0 saturated heterocycles. The van der Waals surface area contributed by atoms with Crippen LogP contribution < -0.4 is 10.6 Å². The molecule has 2 aromatic carbocycles. The van der Waals surface area contributed by atoms with Crippen LogP contribution in [0, 0.1) is 5.82 Å². The Morgan fingerprint density at radius 3 is 2.15 bits per heavy atom. The van der Waals surface area contributed by atoms with Gasteiger partial charge in [0.15, 0.2) is 0 Å². The molecule has 20 heavy (non-hydrogen) atoms. The number of hydrogen-bond acceptors (Lipinski definition) is 2. The molecular formula is C17H21FN2. The van der Waals surface area contributed by atoms with E-state index >= 15 is 0 Å². The standard InChI is InChI=1S/C17H21FN2/c1-12(19)14-8-10-15(11-9-14)20(3)13(2)16-6-4-5-7-17(16)18/h4-13H,19H2,1-3H3/t12-,13?/m0/s1. The second-order valence-electron chi connectivity index (χ2n) is 5.19. The molecule has 2 nitrogen and oxygen atoms in total. The van der Waals surface area contributed by atoms with Gasteiger partial charge in [0.25, 0.3) is 0 Å². The fourth-order valence-electron chi connectivity index (χ4n) is 2.26. The van der Waals surface area contributed by atoms with Crippen LogP contribution in [0.3, 0.4) is 0 Å². The molecule has 2 N–H and O–H groups in total. The van der Waals surface area contributed by atoms with E-state index in [1.165, 1.54) is 6.07 Å². The van der Waals surface area contributed by atoms with Gasteiger partial charge in [-0.25, -0.2) is 4.39 Å². The summed E-state index contributed by atoms with van der Waals surface area (Å²) < 4.78 is 13.8. The number of anilines is 1. The summed E-state index contributed by atoms with van der Waals surface area (Å²) >= 11 is 0. The summed E-state index contributed by atoms with van der Waals surface area (Å²) in [5.41, 5.74) is 8.69. The number of benzene rings is 2.